The van der Waals surface area contributed by atoms with E-state index < -0.39 is 0 Å². The highest BCUT2D eigenvalue weighted by Gasteiger charge is 2.41. The molecule has 1 amide bonds. The molecule has 2 aromatic rings. The molecule has 3 heterocycles. The zero-order chi connectivity index (χ0) is 19.0. The first-order valence-corrected chi connectivity index (χ1v) is 9.87. The van der Waals surface area contributed by atoms with Crippen LogP contribution in [-0.4, -0.2) is 76.4 Å². The van der Waals surface area contributed by atoms with Crippen molar-refractivity contribution in [2.75, 3.05) is 40.3 Å². The van der Waals surface area contributed by atoms with Gasteiger partial charge in [-0.15, -0.1) is 0 Å². The van der Waals surface area contributed by atoms with Crippen LogP contribution in [0.5, 0.6) is 0 Å². The number of amides is 1. The van der Waals surface area contributed by atoms with Crippen LogP contribution in [0.3, 0.4) is 0 Å². The highest BCUT2D eigenvalue weighted by atomic mass is 16.2. The molecule has 0 saturated carbocycles. The highest BCUT2D eigenvalue weighted by Crippen LogP contribution is 2.32. The Kier molecular flexibility index (Phi) is 4.86. The van der Waals surface area contributed by atoms with E-state index in [0.29, 0.717) is 6.42 Å². The summed E-state index contributed by atoms with van der Waals surface area (Å²) in [6.07, 6.45) is 2.61. The lowest BCUT2D eigenvalue weighted by Gasteiger charge is -2.49. The van der Waals surface area contributed by atoms with Crippen molar-refractivity contribution >= 4 is 16.9 Å². The lowest BCUT2D eigenvalue weighted by molar-refractivity contribution is -0.129. The quantitative estimate of drug-likeness (QED) is 0.813. The normalized spacial score (nSPS) is 25.3. The van der Waals surface area contributed by atoms with Crippen LogP contribution in [0.4, 0.5) is 0 Å². The predicted molar refractivity (Wildman–Crippen MR) is 106 cm³/mol. The van der Waals surface area contributed by atoms with Crippen LogP contribution in [0.15, 0.2) is 24.3 Å². The molecule has 1 unspecified atom stereocenters. The van der Waals surface area contributed by atoms with Gasteiger partial charge in [0.1, 0.15) is 0 Å². The number of hydrogen-bond donors (Lipinski definition) is 0. The van der Waals surface area contributed by atoms with Crippen LogP contribution in [0.2, 0.25) is 0 Å². The third kappa shape index (κ3) is 3.56. The molecule has 2 aliphatic heterocycles. The van der Waals surface area contributed by atoms with E-state index in [-0.39, 0.29) is 11.4 Å². The van der Waals surface area contributed by atoms with E-state index in [0.717, 1.165) is 68.0 Å². The molecule has 2 saturated heterocycles. The number of benzene rings is 1. The Morgan fingerprint density at radius 2 is 1.78 bits per heavy atom. The molecule has 0 bridgehead atoms. The minimum Gasteiger partial charge on any atom is -0.346 e. The molecule has 4 rings (SSSR count). The summed E-state index contributed by atoms with van der Waals surface area (Å²) in [7, 11) is 4.14. The van der Waals surface area contributed by atoms with Gasteiger partial charge in [0.05, 0.1) is 22.4 Å². The van der Waals surface area contributed by atoms with Gasteiger partial charge in [-0.2, -0.15) is 0 Å². The van der Waals surface area contributed by atoms with E-state index >= 15 is 0 Å². The number of aryl methyl sites for hydroxylation is 1. The van der Waals surface area contributed by atoms with Gasteiger partial charge in [-0.25, -0.2) is 9.97 Å². The number of likely N-dealkylation sites (N-methyl/N-ethyl adjacent to an activating group) is 1. The average Bonchev–Trinajstić information content (AvgIpc) is 2.80. The summed E-state index contributed by atoms with van der Waals surface area (Å²) in [4.78, 5) is 28.7. The molecule has 1 atom stereocenters. The fraction of sp³-hybridized carbons (Fsp3) is 0.571. The summed E-state index contributed by atoms with van der Waals surface area (Å²) < 4.78 is 0. The van der Waals surface area contributed by atoms with E-state index in [1.54, 1.807) is 0 Å². The molecule has 1 aromatic carbocycles. The molecular formula is C21H29N5O. The Balaban J connectivity index is 1.55. The van der Waals surface area contributed by atoms with Crippen molar-refractivity contribution in [1.82, 2.24) is 24.7 Å². The Bertz CT molecular complexity index is 854. The molecule has 27 heavy (non-hydrogen) atoms. The SMILES string of the molecule is Cc1nc2ccccc2nc1CN1CCN(C)C2(CCC(=O)N(C)CC2)C1. The summed E-state index contributed by atoms with van der Waals surface area (Å²) in [5, 5.41) is 0. The zero-order valence-electron chi connectivity index (χ0n) is 16.6. The summed E-state index contributed by atoms with van der Waals surface area (Å²) in [6, 6.07) is 8.07. The largest absolute Gasteiger partial charge is 0.346 e. The molecule has 1 aromatic heterocycles. The number of carbonyl (C=O) groups is 1. The number of hydrogen-bond acceptors (Lipinski definition) is 5. The monoisotopic (exact) mass is 367 g/mol. The van der Waals surface area contributed by atoms with Gasteiger partial charge in [-0.05, 0) is 38.9 Å². The molecule has 0 N–H and O–H groups in total. The maximum absolute atomic E-state index is 12.2. The predicted octanol–water partition coefficient (Wildman–Crippen LogP) is 2.07. The lowest BCUT2D eigenvalue weighted by Crippen LogP contribution is -2.60. The maximum Gasteiger partial charge on any atom is 0.222 e. The lowest BCUT2D eigenvalue weighted by atomic mass is 9.86. The van der Waals surface area contributed by atoms with Crippen LogP contribution in [0.25, 0.3) is 11.0 Å². The van der Waals surface area contributed by atoms with Gasteiger partial charge in [0.25, 0.3) is 0 Å². The number of rotatable bonds is 2. The number of para-hydroxylation sites is 2. The molecular weight excluding hydrogens is 338 g/mol. The number of fused-ring (bicyclic) bond motifs is 1. The maximum atomic E-state index is 12.2. The number of aromatic nitrogens is 2. The Hall–Kier alpha value is -2.05. The van der Waals surface area contributed by atoms with Crippen LogP contribution in [-0.2, 0) is 11.3 Å². The van der Waals surface area contributed by atoms with Crippen LogP contribution < -0.4 is 0 Å². The second-order valence-electron chi connectivity index (χ2n) is 8.17. The smallest absolute Gasteiger partial charge is 0.222 e. The summed E-state index contributed by atoms with van der Waals surface area (Å²) in [5.74, 6) is 0.272. The van der Waals surface area contributed by atoms with Gasteiger partial charge in [0.2, 0.25) is 5.91 Å². The number of piperazine rings is 1. The third-order valence-electron chi connectivity index (χ3n) is 6.44. The number of carbonyl (C=O) groups excluding carboxylic acids is 1. The highest BCUT2D eigenvalue weighted by molar-refractivity contribution is 5.76. The van der Waals surface area contributed by atoms with Crippen molar-refractivity contribution in [2.45, 2.75) is 38.3 Å². The Labute approximate surface area is 161 Å². The molecule has 1 spiro atoms. The van der Waals surface area contributed by atoms with Gasteiger partial charge in [0.15, 0.2) is 0 Å². The van der Waals surface area contributed by atoms with Crippen molar-refractivity contribution in [1.29, 1.82) is 0 Å². The van der Waals surface area contributed by atoms with Crippen LogP contribution in [0.1, 0.15) is 30.7 Å². The fourth-order valence-electron chi connectivity index (χ4n) is 4.46. The third-order valence-corrected chi connectivity index (χ3v) is 6.44. The van der Waals surface area contributed by atoms with Crippen molar-refractivity contribution in [3.63, 3.8) is 0 Å². The first-order chi connectivity index (χ1) is 13.0. The van der Waals surface area contributed by atoms with Crippen molar-refractivity contribution in [3.05, 3.63) is 35.7 Å². The number of likely N-dealkylation sites (tertiary alicyclic amines) is 1. The standard InChI is InChI=1S/C21H29N5O/c1-16-19(23-18-7-5-4-6-17(18)22-16)14-26-13-12-25(3)21(15-26)9-8-20(27)24(2)11-10-21/h4-7H,8-15H2,1-3H3. The molecule has 6 heteroatoms. The van der Waals surface area contributed by atoms with Gasteiger partial charge >= 0.3 is 0 Å². The molecule has 0 radical (unpaired) electrons. The van der Waals surface area contributed by atoms with Crippen LogP contribution >= 0.6 is 0 Å². The minimum absolute atomic E-state index is 0.0802. The van der Waals surface area contributed by atoms with Crippen molar-refractivity contribution < 1.29 is 4.79 Å². The molecule has 6 nitrogen and oxygen atoms in total. The topological polar surface area (TPSA) is 52.6 Å². The summed E-state index contributed by atoms with van der Waals surface area (Å²) in [6.45, 7) is 6.75. The fourth-order valence-corrected chi connectivity index (χ4v) is 4.46. The Morgan fingerprint density at radius 1 is 1.04 bits per heavy atom. The first kappa shape index (κ1) is 18.3. The molecule has 0 aliphatic carbocycles. The second kappa shape index (κ2) is 7.17. The van der Waals surface area contributed by atoms with Crippen molar-refractivity contribution in [2.24, 2.45) is 0 Å². The van der Waals surface area contributed by atoms with E-state index in [2.05, 4.69) is 23.8 Å². The Morgan fingerprint density at radius 3 is 2.56 bits per heavy atom. The van der Waals surface area contributed by atoms with Gasteiger partial charge in [-0.3, -0.25) is 14.6 Å². The summed E-state index contributed by atoms with van der Waals surface area (Å²) in [5.41, 5.74) is 4.08. The second-order valence-corrected chi connectivity index (χ2v) is 8.17. The van der Waals surface area contributed by atoms with E-state index in [9.17, 15) is 4.79 Å². The molecule has 144 valence electrons. The van der Waals surface area contributed by atoms with E-state index in [1.807, 2.05) is 36.2 Å². The van der Waals surface area contributed by atoms with Gasteiger partial charge in [0, 0.05) is 51.7 Å². The van der Waals surface area contributed by atoms with E-state index in [1.165, 1.54) is 0 Å². The number of nitrogens with zero attached hydrogens (tertiary/aromatic N) is 5. The van der Waals surface area contributed by atoms with Gasteiger partial charge in [-0.1, -0.05) is 12.1 Å². The van der Waals surface area contributed by atoms with E-state index in [4.69, 9.17) is 9.97 Å². The minimum atomic E-state index is 0.0802. The first-order valence-electron chi connectivity index (χ1n) is 9.87. The van der Waals surface area contributed by atoms with Crippen molar-refractivity contribution in [3.8, 4) is 0 Å². The summed E-state index contributed by atoms with van der Waals surface area (Å²) >= 11 is 0. The molecule has 2 fully saturated rings. The molecule has 2 aliphatic rings. The van der Waals surface area contributed by atoms with Crippen LogP contribution in [0, 0.1) is 6.92 Å². The van der Waals surface area contributed by atoms with Gasteiger partial charge < -0.3 is 4.90 Å². The zero-order valence-corrected chi connectivity index (χ0v) is 16.6. The average molecular weight is 367 g/mol.